The zero-order chi connectivity index (χ0) is 27.4. The highest BCUT2D eigenvalue weighted by Gasteiger charge is 2.31. The molecule has 0 amide bonds. The van der Waals surface area contributed by atoms with E-state index in [1.165, 1.54) is 23.4 Å². The lowest BCUT2D eigenvalue weighted by molar-refractivity contribution is 0.401. The summed E-state index contributed by atoms with van der Waals surface area (Å²) in [7, 11) is 0. The van der Waals surface area contributed by atoms with Gasteiger partial charge in [-0.25, -0.2) is 9.97 Å². The molecule has 0 aliphatic carbocycles. The first-order valence-corrected chi connectivity index (χ1v) is 14.5. The van der Waals surface area contributed by atoms with Crippen molar-refractivity contribution in [3.05, 3.63) is 89.6 Å². The van der Waals surface area contributed by atoms with Crippen molar-refractivity contribution in [1.29, 1.82) is 0 Å². The minimum atomic E-state index is -0.497. The maximum absolute atomic E-state index is 13.5. The van der Waals surface area contributed by atoms with Crippen molar-refractivity contribution in [2.24, 2.45) is 0 Å². The second-order valence-corrected chi connectivity index (χ2v) is 11.1. The van der Waals surface area contributed by atoms with Crippen LogP contribution in [-0.4, -0.2) is 26.7 Å². The number of rotatable bonds is 8. The summed E-state index contributed by atoms with van der Waals surface area (Å²) in [5.41, 5.74) is 5.11. The van der Waals surface area contributed by atoms with E-state index in [-0.39, 0.29) is 17.7 Å². The molecule has 5 rings (SSSR count). The topological polar surface area (TPSA) is 69.5 Å². The molecule has 0 radical (unpaired) electrons. The quantitative estimate of drug-likeness (QED) is 0.218. The Morgan fingerprint density at radius 1 is 0.974 bits per heavy atom. The van der Waals surface area contributed by atoms with E-state index in [1.54, 1.807) is 13.0 Å². The number of hydrogen-bond donors (Lipinski definition) is 2. The Labute approximate surface area is 233 Å². The van der Waals surface area contributed by atoms with Crippen molar-refractivity contribution < 1.29 is 14.6 Å². The summed E-state index contributed by atoms with van der Waals surface area (Å²) in [6, 6.07) is 21.4. The number of aromatic hydroxyl groups is 2. The number of nitrogens with zero attached hydrogens (tertiary/aromatic N) is 3. The van der Waals surface area contributed by atoms with Gasteiger partial charge in [-0.1, -0.05) is 67.6 Å². The highest BCUT2D eigenvalue weighted by atomic mass is 32.2. The molecule has 1 atom stereocenters. The molecule has 4 aromatic rings. The molecule has 1 unspecified atom stereocenters. The van der Waals surface area contributed by atoms with Crippen LogP contribution in [0, 0.1) is 12.9 Å². The van der Waals surface area contributed by atoms with E-state index in [4.69, 9.17) is 0 Å². The van der Waals surface area contributed by atoms with Crippen LogP contribution in [0.5, 0.6) is 11.6 Å². The van der Waals surface area contributed by atoms with E-state index >= 15 is 0 Å². The number of piperidine rings is 1. The molecule has 2 aromatic carbocycles. The number of benzene rings is 2. The van der Waals surface area contributed by atoms with Crippen molar-refractivity contribution in [3.63, 3.8) is 0 Å². The molecule has 0 spiro atoms. The number of hydrogen-bond acceptors (Lipinski definition) is 6. The van der Waals surface area contributed by atoms with Crippen LogP contribution in [0.3, 0.4) is 0 Å². The molecule has 0 saturated carbocycles. The third kappa shape index (κ3) is 5.88. The molecule has 1 aliphatic heterocycles. The van der Waals surface area contributed by atoms with E-state index in [9.17, 15) is 14.6 Å². The highest BCUT2D eigenvalue weighted by molar-refractivity contribution is 7.99. The molecule has 39 heavy (non-hydrogen) atoms. The van der Waals surface area contributed by atoms with E-state index in [1.807, 2.05) is 30.3 Å². The lowest BCUT2D eigenvalue weighted by Gasteiger charge is -2.39. The molecule has 5 nitrogen and oxygen atoms in total. The van der Waals surface area contributed by atoms with Crippen LogP contribution >= 0.6 is 11.8 Å². The molecular weight excluding hydrogens is 509 g/mol. The van der Waals surface area contributed by atoms with Crippen molar-refractivity contribution in [1.82, 2.24) is 9.97 Å². The summed E-state index contributed by atoms with van der Waals surface area (Å²) in [5.74, 6) is -0.560. The average Bonchev–Trinajstić information content (AvgIpc) is 2.95. The van der Waals surface area contributed by atoms with Crippen LogP contribution in [0.1, 0.15) is 62.0 Å². The lowest BCUT2D eigenvalue weighted by atomic mass is 9.94. The Morgan fingerprint density at radius 3 is 2.46 bits per heavy atom. The van der Waals surface area contributed by atoms with Gasteiger partial charge < -0.3 is 15.1 Å². The number of halogens is 1. The van der Waals surface area contributed by atoms with Gasteiger partial charge in [0.1, 0.15) is 10.6 Å². The van der Waals surface area contributed by atoms with Gasteiger partial charge in [0.25, 0.3) is 0 Å². The Hall–Kier alpha value is -3.58. The molecule has 3 heterocycles. The molecule has 2 N–H and O–H groups in total. The van der Waals surface area contributed by atoms with Crippen LogP contribution in [0.25, 0.3) is 11.1 Å². The van der Waals surface area contributed by atoms with E-state index in [0.29, 0.717) is 17.0 Å². The number of aryl methyl sites for hydroxylation is 2. The van der Waals surface area contributed by atoms with Gasteiger partial charge in [-0.05, 0) is 74.4 Å². The number of aromatic nitrogens is 2. The van der Waals surface area contributed by atoms with Crippen molar-refractivity contribution in [2.75, 3.05) is 11.4 Å². The normalized spacial score (nSPS) is 15.5. The summed E-state index contributed by atoms with van der Waals surface area (Å²) < 4.78 is 13.5. The minimum absolute atomic E-state index is 0.0871. The van der Waals surface area contributed by atoms with Crippen LogP contribution in [0.15, 0.2) is 76.5 Å². The summed E-state index contributed by atoms with van der Waals surface area (Å²) in [6.45, 7) is 4.74. The fourth-order valence-electron chi connectivity index (χ4n) is 5.37. The van der Waals surface area contributed by atoms with Gasteiger partial charge in [0.15, 0.2) is 5.75 Å². The highest BCUT2D eigenvalue weighted by Crippen LogP contribution is 2.49. The number of anilines is 1. The number of unbranched alkanes of at least 4 members (excludes halogenated alkanes) is 1. The van der Waals surface area contributed by atoms with Gasteiger partial charge in [-0.15, -0.1) is 0 Å². The maximum atomic E-state index is 13.5. The second kappa shape index (κ2) is 12.1. The van der Waals surface area contributed by atoms with Crippen molar-refractivity contribution in [3.8, 4) is 22.8 Å². The maximum Gasteiger partial charge on any atom is 0.229 e. The van der Waals surface area contributed by atoms with Gasteiger partial charge in [0.05, 0.1) is 11.7 Å². The van der Waals surface area contributed by atoms with E-state index in [0.717, 1.165) is 66.1 Å². The van der Waals surface area contributed by atoms with Crippen LogP contribution in [0.4, 0.5) is 10.1 Å². The Balaban J connectivity index is 1.51. The molecular formula is C32H34FN3O2S. The molecule has 1 fully saturated rings. The van der Waals surface area contributed by atoms with Crippen LogP contribution in [-0.2, 0) is 6.42 Å². The zero-order valence-corrected chi connectivity index (χ0v) is 23.2. The summed E-state index contributed by atoms with van der Waals surface area (Å²) in [4.78, 5) is 12.1. The molecule has 7 heteroatoms. The lowest BCUT2D eigenvalue weighted by Crippen LogP contribution is -2.34. The fraction of sp³-hybridized carbons (Fsp3) is 0.312. The zero-order valence-electron chi connectivity index (χ0n) is 22.4. The second-order valence-electron chi connectivity index (χ2n) is 10.0. The molecule has 2 aromatic heterocycles. The van der Waals surface area contributed by atoms with Crippen molar-refractivity contribution >= 4 is 17.4 Å². The van der Waals surface area contributed by atoms with Gasteiger partial charge in [-0.2, -0.15) is 4.39 Å². The first-order chi connectivity index (χ1) is 19.0. The fourth-order valence-corrected chi connectivity index (χ4v) is 6.21. The summed E-state index contributed by atoms with van der Waals surface area (Å²) in [5, 5.41) is 22.7. The van der Waals surface area contributed by atoms with Crippen LogP contribution < -0.4 is 4.90 Å². The monoisotopic (exact) mass is 543 g/mol. The Bertz CT molecular complexity index is 1430. The smallest absolute Gasteiger partial charge is 0.229 e. The molecule has 1 saturated heterocycles. The van der Waals surface area contributed by atoms with Gasteiger partial charge >= 0.3 is 0 Å². The first-order valence-electron chi connectivity index (χ1n) is 13.6. The predicted molar refractivity (Wildman–Crippen MR) is 155 cm³/mol. The van der Waals surface area contributed by atoms with Gasteiger partial charge in [-0.3, -0.25) is 0 Å². The van der Waals surface area contributed by atoms with E-state index < -0.39 is 5.95 Å². The SMILES string of the molecule is CCCCc1nc(O)c(Sc2ccc(-c3ccc(F)nc3C)cc2)c(O)c1N1CCCCC1c1ccccc1. The first kappa shape index (κ1) is 27.0. The Kier molecular flexibility index (Phi) is 8.36. The van der Waals surface area contributed by atoms with Gasteiger partial charge in [0.2, 0.25) is 11.8 Å². The third-order valence-corrected chi connectivity index (χ3v) is 8.42. The third-order valence-electron chi connectivity index (χ3n) is 7.34. The minimum Gasteiger partial charge on any atom is -0.504 e. The van der Waals surface area contributed by atoms with E-state index in [2.05, 4.69) is 46.1 Å². The summed E-state index contributed by atoms with van der Waals surface area (Å²) >= 11 is 1.29. The molecule has 1 aliphatic rings. The van der Waals surface area contributed by atoms with Crippen LogP contribution in [0.2, 0.25) is 0 Å². The molecule has 202 valence electrons. The molecule has 0 bridgehead atoms. The number of pyridine rings is 2. The van der Waals surface area contributed by atoms with Gasteiger partial charge in [0, 0.05) is 22.7 Å². The Morgan fingerprint density at radius 2 is 1.74 bits per heavy atom. The average molecular weight is 544 g/mol. The standard InChI is InChI=1S/C32H34FN3O2S/c1-3-4-12-26-29(36-20-9-8-13-27(36)23-10-6-5-7-11-23)30(37)31(32(38)35-26)39-24-16-14-22(15-17-24)25-18-19-28(33)34-21(25)2/h5-7,10-11,14-19,27H,3-4,8-9,12-13,20H2,1-2H3,(H2,35,37,38). The largest absolute Gasteiger partial charge is 0.504 e. The van der Waals surface area contributed by atoms with Crippen molar-refractivity contribution in [2.45, 2.75) is 68.2 Å². The predicted octanol–water partition coefficient (Wildman–Crippen LogP) is 8.23. The summed E-state index contributed by atoms with van der Waals surface area (Å²) in [6.07, 6.45) is 5.78.